The fraction of sp³-hybridized carbons (Fsp3) is 0.250. The molecule has 13 heavy (non-hydrogen) atoms. The molecule has 0 aliphatic rings. The molecule has 0 fully saturated rings. The topological polar surface area (TPSA) is 52.0 Å². The van der Waals surface area contributed by atoms with Gasteiger partial charge < -0.3 is 0 Å². The van der Waals surface area contributed by atoms with Crippen LogP contribution in [0, 0.1) is 0 Å². The number of hydrogen-bond acceptors (Lipinski definition) is 2. The van der Waals surface area contributed by atoms with E-state index in [9.17, 15) is 0 Å². The Morgan fingerprint density at radius 2 is 1.85 bits per heavy atom. The highest BCUT2D eigenvalue weighted by molar-refractivity contribution is 8.69. The molecule has 0 amide bonds. The second-order valence-electron chi connectivity index (χ2n) is 2.71. The summed E-state index contributed by atoms with van der Waals surface area (Å²) in [6, 6.07) is 10.3. The monoisotopic (exact) mass is 232 g/mol. The van der Waals surface area contributed by atoms with Gasteiger partial charge in [0.1, 0.15) is 5.54 Å². The molecule has 0 heterocycles. The zero-order chi connectivity index (χ0) is 9.73. The summed E-state index contributed by atoms with van der Waals surface area (Å²) in [5.74, 6) is 0.911. The quantitative estimate of drug-likeness (QED) is 0.781. The molecule has 1 rings (SSSR count). The van der Waals surface area contributed by atoms with Crippen LogP contribution in [0.1, 0.15) is 5.56 Å². The molecule has 1 aromatic carbocycles. The molecule has 0 bridgehead atoms. The second-order valence-corrected chi connectivity index (χ2v) is 9.76. The average Bonchev–Trinajstić information content (AvgIpc) is 2.04. The van der Waals surface area contributed by atoms with Crippen LogP contribution in [-0.4, -0.2) is 5.75 Å². The van der Waals surface area contributed by atoms with E-state index in [1.165, 1.54) is 16.9 Å². The fourth-order valence-corrected chi connectivity index (χ4v) is 3.36. The molecule has 0 aliphatic heterocycles. The Morgan fingerprint density at radius 3 is 2.38 bits per heavy atom. The largest absolute Gasteiger partial charge is 0.283 e. The van der Waals surface area contributed by atoms with E-state index in [-0.39, 0.29) is 0 Å². The first-order chi connectivity index (χ1) is 6.08. The van der Waals surface area contributed by atoms with Gasteiger partial charge in [-0.15, -0.1) is 0 Å². The summed E-state index contributed by atoms with van der Waals surface area (Å²) in [4.78, 5) is 0. The average molecular weight is 232 g/mol. The van der Waals surface area contributed by atoms with Gasteiger partial charge in [0, 0.05) is 5.75 Å². The lowest BCUT2D eigenvalue weighted by molar-refractivity contribution is 1.16. The molecule has 5 heteroatoms. The van der Waals surface area contributed by atoms with E-state index in [4.69, 9.17) is 22.8 Å². The lowest BCUT2D eigenvalue weighted by Gasteiger charge is -2.08. The van der Waals surface area contributed by atoms with E-state index in [1.807, 2.05) is 18.2 Å². The maximum absolute atomic E-state index is 5.57. The lowest BCUT2D eigenvalue weighted by atomic mass is 10.2. The SMILES string of the molecule is NP(N)(=S)SCCc1ccccc1. The second kappa shape index (κ2) is 5.13. The Labute approximate surface area is 87.9 Å². The predicted octanol–water partition coefficient (Wildman–Crippen LogP) is 2.10. The third-order valence-electron chi connectivity index (χ3n) is 1.53. The van der Waals surface area contributed by atoms with Crippen LogP contribution in [0.5, 0.6) is 0 Å². The molecule has 72 valence electrons. The Bertz CT molecular complexity index is 296. The molecule has 0 unspecified atom stereocenters. The van der Waals surface area contributed by atoms with Crippen molar-refractivity contribution in [2.45, 2.75) is 6.42 Å². The minimum atomic E-state index is -2.05. The van der Waals surface area contributed by atoms with E-state index in [0.717, 1.165) is 12.2 Å². The molecular weight excluding hydrogens is 219 g/mol. The smallest absolute Gasteiger partial charge is 0.122 e. The molecule has 4 N–H and O–H groups in total. The summed E-state index contributed by atoms with van der Waals surface area (Å²) < 4.78 is 0. The summed E-state index contributed by atoms with van der Waals surface area (Å²) in [6.07, 6.45) is 0.984. The molecule has 0 radical (unpaired) electrons. The Hall–Kier alpha value is 0.140. The Balaban J connectivity index is 2.33. The van der Waals surface area contributed by atoms with Crippen LogP contribution in [0.4, 0.5) is 0 Å². The normalized spacial score (nSPS) is 11.5. The van der Waals surface area contributed by atoms with Gasteiger partial charge >= 0.3 is 0 Å². The number of benzene rings is 1. The first-order valence-electron chi connectivity index (χ1n) is 3.93. The molecule has 2 nitrogen and oxygen atoms in total. The first-order valence-corrected chi connectivity index (χ1v) is 8.47. The van der Waals surface area contributed by atoms with E-state index in [1.54, 1.807) is 0 Å². The van der Waals surface area contributed by atoms with Gasteiger partial charge in [0.05, 0.1) is 0 Å². The maximum atomic E-state index is 5.57. The van der Waals surface area contributed by atoms with Gasteiger partial charge in [0.2, 0.25) is 0 Å². The van der Waals surface area contributed by atoms with E-state index in [0.29, 0.717) is 0 Å². The van der Waals surface area contributed by atoms with Crippen molar-refractivity contribution < 1.29 is 0 Å². The highest BCUT2D eigenvalue weighted by atomic mass is 32.9. The summed E-state index contributed by atoms with van der Waals surface area (Å²) in [5, 5.41) is 0. The van der Waals surface area contributed by atoms with Crippen LogP contribution in [-0.2, 0) is 18.2 Å². The molecule has 0 aromatic heterocycles. The Morgan fingerprint density at radius 1 is 1.23 bits per heavy atom. The maximum Gasteiger partial charge on any atom is 0.122 e. The minimum Gasteiger partial charge on any atom is -0.283 e. The lowest BCUT2D eigenvalue weighted by Crippen LogP contribution is -2.01. The third-order valence-corrected chi connectivity index (χ3v) is 5.02. The highest BCUT2D eigenvalue weighted by Crippen LogP contribution is 2.43. The van der Waals surface area contributed by atoms with Gasteiger partial charge in [0.25, 0.3) is 0 Å². The van der Waals surface area contributed by atoms with Crippen molar-refractivity contribution in [3.63, 3.8) is 0 Å². The Kier molecular flexibility index (Phi) is 4.42. The van der Waals surface area contributed by atoms with Crippen LogP contribution in [0.3, 0.4) is 0 Å². The fourth-order valence-electron chi connectivity index (χ4n) is 0.951. The van der Waals surface area contributed by atoms with Gasteiger partial charge in [-0.3, -0.25) is 11.0 Å². The van der Waals surface area contributed by atoms with Crippen LogP contribution in [0.15, 0.2) is 30.3 Å². The van der Waals surface area contributed by atoms with Crippen molar-refractivity contribution in [3.8, 4) is 0 Å². The molecule has 0 spiro atoms. The number of rotatable bonds is 4. The first kappa shape index (κ1) is 11.2. The van der Waals surface area contributed by atoms with Gasteiger partial charge in [-0.2, -0.15) is 0 Å². The number of hydrogen-bond donors (Lipinski definition) is 2. The summed E-state index contributed by atoms with van der Waals surface area (Å²) in [5.41, 5.74) is 10.4. The third kappa shape index (κ3) is 5.45. The summed E-state index contributed by atoms with van der Waals surface area (Å²) in [6.45, 7) is 0. The van der Waals surface area contributed by atoms with Crippen LogP contribution in [0.25, 0.3) is 0 Å². The standard InChI is InChI=1S/C8H13N2PS2/c9-11(10,12)13-7-6-8-4-2-1-3-5-8/h1-5H,6-7H2,(H4,9,10,12). The molecule has 0 atom stereocenters. The van der Waals surface area contributed by atoms with E-state index >= 15 is 0 Å². The number of aryl methyl sites for hydroxylation is 1. The van der Waals surface area contributed by atoms with Crippen LogP contribution >= 0.6 is 16.9 Å². The summed E-state index contributed by atoms with van der Waals surface area (Å²) in [7, 11) is 0. The van der Waals surface area contributed by atoms with Crippen LogP contribution in [0.2, 0.25) is 0 Å². The zero-order valence-electron chi connectivity index (χ0n) is 7.22. The summed E-state index contributed by atoms with van der Waals surface area (Å²) >= 11 is 6.44. The zero-order valence-corrected chi connectivity index (χ0v) is 9.75. The molecule has 0 saturated carbocycles. The van der Waals surface area contributed by atoms with Crippen molar-refractivity contribution in [1.82, 2.24) is 0 Å². The predicted molar refractivity (Wildman–Crippen MR) is 65.3 cm³/mol. The molecule has 1 aromatic rings. The van der Waals surface area contributed by atoms with Crippen molar-refractivity contribution in [3.05, 3.63) is 35.9 Å². The van der Waals surface area contributed by atoms with Crippen LogP contribution < -0.4 is 11.0 Å². The van der Waals surface area contributed by atoms with Gasteiger partial charge in [-0.05, 0) is 12.0 Å². The minimum absolute atomic E-state index is 0.911. The van der Waals surface area contributed by atoms with Gasteiger partial charge in [-0.1, -0.05) is 53.5 Å². The molecule has 0 aliphatic carbocycles. The van der Waals surface area contributed by atoms with Crippen molar-refractivity contribution in [2.24, 2.45) is 11.0 Å². The van der Waals surface area contributed by atoms with Crippen molar-refractivity contribution >= 4 is 28.7 Å². The molecule has 0 saturated heterocycles. The number of nitrogens with two attached hydrogens (primary N) is 2. The van der Waals surface area contributed by atoms with Gasteiger partial charge in [0.15, 0.2) is 0 Å². The van der Waals surface area contributed by atoms with Crippen molar-refractivity contribution in [2.75, 3.05) is 5.75 Å². The van der Waals surface area contributed by atoms with E-state index < -0.39 is 5.54 Å². The molecular formula is C8H13N2PS2. The van der Waals surface area contributed by atoms with Crippen molar-refractivity contribution in [1.29, 1.82) is 0 Å². The highest BCUT2D eigenvalue weighted by Gasteiger charge is 2.02. The van der Waals surface area contributed by atoms with Gasteiger partial charge in [-0.25, -0.2) is 0 Å². The van der Waals surface area contributed by atoms with E-state index in [2.05, 4.69) is 12.1 Å².